The molecule has 2 aromatic rings. The standard InChI is InChI=1S/C16H16Cl2N2O2S2/c17-14-4-3-5-15(18)13(14)11-23-16-7-6-12(10-19-16)24(21,22)20-8-1-2-9-20/h3-7,10H,1-2,8-9,11H2. The van der Waals surface area contributed by atoms with Crippen LogP contribution in [0.1, 0.15) is 18.4 Å². The summed E-state index contributed by atoms with van der Waals surface area (Å²) in [7, 11) is -3.42. The van der Waals surface area contributed by atoms with E-state index in [4.69, 9.17) is 23.2 Å². The molecule has 1 fully saturated rings. The molecular weight excluding hydrogens is 387 g/mol. The van der Waals surface area contributed by atoms with Gasteiger partial charge in [0, 0.05) is 35.1 Å². The van der Waals surface area contributed by atoms with Gasteiger partial charge in [-0.25, -0.2) is 13.4 Å². The highest BCUT2D eigenvalue weighted by Crippen LogP contribution is 2.31. The Morgan fingerprint density at radius 3 is 2.33 bits per heavy atom. The number of rotatable bonds is 5. The van der Waals surface area contributed by atoms with Gasteiger partial charge in [-0.1, -0.05) is 29.3 Å². The zero-order valence-corrected chi connectivity index (χ0v) is 15.9. The van der Waals surface area contributed by atoms with Crippen LogP contribution in [0.25, 0.3) is 0 Å². The van der Waals surface area contributed by atoms with E-state index in [1.807, 2.05) is 0 Å². The molecule has 0 amide bonds. The normalized spacial score (nSPS) is 15.8. The largest absolute Gasteiger partial charge is 0.249 e. The fourth-order valence-corrected chi connectivity index (χ4v) is 5.55. The van der Waals surface area contributed by atoms with E-state index >= 15 is 0 Å². The number of benzene rings is 1. The Bertz CT molecular complexity index is 800. The Balaban J connectivity index is 1.71. The molecule has 2 heterocycles. The van der Waals surface area contributed by atoms with Crippen molar-refractivity contribution in [3.63, 3.8) is 0 Å². The summed E-state index contributed by atoms with van der Waals surface area (Å²) in [4.78, 5) is 4.50. The summed E-state index contributed by atoms with van der Waals surface area (Å²) >= 11 is 13.8. The minimum Gasteiger partial charge on any atom is -0.249 e. The van der Waals surface area contributed by atoms with Crippen LogP contribution in [-0.4, -0.2) is 30.8 Å². The fraction of sp³-hybridized carbons (Fsp3) is 0.312. The van der Waals surface area contributed by atoms with E-state index in [1.165, 1.54) is 22.3 Å². The molecule has 1 aliphatic heterocycles. The van der Waals surface area contributed by atoms with Crippen LogP contribution in [0.5, 0.6) is 0 Å². The van der Waals surface area contributed by atoms with Gasteiger partial charge in [-0.15, -0.1) is 11.8 Å². The number of nitrogens with zero attached hydrogens (tertiary/aromatic N) is 2. The van der Waals surface area contributed by atoms with Crippen LogP contribution in [-0.2, 0) is 15.8 Å². The molecule has 0 atom stereocenters. The Morgan fingerprint density at radius 1 is 1.08 bits per heavy atom. The van der Waals surface area contributed by atoms with Crippen molar-refractivity contribution in [2.45, 2.75) is 28.5 Å². The number of thioether (sulfide) groups is 1. The molecule has 0 unspecified atom stereocenters. The minimum absolute atomic E-state index is 0.240. The summed E-state index contributed by atoms with van der Waals surface area (Å²) in [6.45, 7) is 1.17. The van der Waals surface area contributed by atoms with Crippen LogP contribution in [0.3, 0.4) is 0 Å². The molecule has 3 rings (SSSR count). The fourth-order valence-electron chi connectivity index (χ4n) is 2.50. The Kier molecular flexibility index (Phi) is 5.72. The lowest BCUT2D eigenvalue weighted by atomic mass is 10.2. The second kappa shape index (κ2) is 7.62. The van der Waals surface area contributed by atoms with E-state index in [-0.39, 0.29) is 4.90 Å². The first kappa shape index (κ1) is 18.0. The third-order valence-corrected chi connectivity index (χ3v) is 7.40. The first-order valence-electron chi connectivity index (χ1n) is 7.50. The van der Waals surface area contributed by atoms with Crippen molar-refractivity contribution in [2.75, 3.05) is 13.1 Å². The predicted octanol–water partition coefficient (Wildman–Crippen LogP) is 4.47. The van der Waals surface area contributed by atoms with Gasteiger partial charge < -0.3 is 0 Å². The molecule has 4 nitrogen and oxygen atoms in total. The van der Waals surface area contributed by atoms with Crippen LogP contribution in [0.15, 0.2) is 46.5 Å². The number of pyridine rings is 1. The second-order valence-electron chi connectivity index (χ2n) is 5.43. The molecule has 1 aromatic carbocycles. The van der Waals surface area contributed by atoms with Gasteiger partial charge in [0.2, 0.25) is 10.0 Å². The monoisotopic (exact) mass is 402 g/mol. The highest BCUT2D eigenvalue weighted by atomic mass is 35.5. The van der Waals surface area contributed by atoms with Crippen LogP contribution in [0.4, 0.5) is 0 Å². The SMILES string of the molecule is O=S(=O)(c1ccc(SCc2c(Cl)cccc2Cl)nc1)N1CCCC1. The summed E-state index contributed by atoms with van der Waals surface area (Å²) in [5, 5.41) is 1.96. The van der Waals surface area contributed by atoms with Gasteiger partial charge in [-0.2, -0.15) is 4.31 Å². The Labute approximate surface area is 156 Å². The van der Waals surface area contributed by atoms with Gasteiger partial charge in [0.1, 0.15) is 4.90 Å². The minimum atomic E-state index is -3.42. The lowest BCUT2D eigenvalue weighted by molar-refractivity contribution is 0.477. The summed E-state index contributed by atoms with van der Waals surface area (Å²) in [6, 6.07) is 8.72. The van der Waals surface area contributed by atoms with Crippen molar-refractivity contribution in [1.82, 2.24) is 9.29 Å². The average Bonchev–Trinajstić information content (AvgIpc) is 3.10. The van der Waals surface area contributed by atoms with E-state index in [2.05, 4.69) is 4.98 Å². The third-order valence-electron chi connectivity index (χ3n) is 3.84. The highest BCUT2D eigenvalue weighted by molar-refractivity contribution is 7.98. The molecule has 0 bridgehead atoms. The summed E-state index contributed by atoms with van der Waals surface area (Å²) in [5.74, 6) is 0.573. The van der Waals surface area contributed by atoms with Crippen molar-refractivity contribution in [3.8, 4) is 0 Å². The van der Waals surface area contributed by atoms with Crippen LogP contribution in [0, 0.1) is 0 Å². The maximum absolute atomic E-state index is 12.5. The van der Waals surface area contributed by atoms with Gasteiger partial charge in [0.15, 0.2) is 0 Å². The number of hydrogen-bond donors (Lipinski definition) is 0. The van der Waals surface area contributed by atoms with E-state index in [9.17, 15) is 8.42 Å². The van der Waals surface area contributed by atoms with Crippen molar-refractivity contribution in [1.29, 1.82) is 0 Å². The maximum Gasteiger partial charge on any atom is 0.244 e. The smallest absolute Gasteiger partial charge is 0.244 e. The first-order valence-corrected chi connectivity index (χ1v) is 10.7. The molecule has 0 radical (unpaired) electrons. The second-order valence-corrected chi connectivity index (χ2v) is 9.18. The zero-order valence-electron chi connectivity index (χ0n) is 12.8. The van der Waals surface area contributed by atoms with Crippen molar-refractivity contribution >= 4 is 45.0 Å². The number of sulfonamides is 1. The maximum atomic E-state index is 12.5. The topological polar surface area (TPSA) is 50.3 Å². The molecule has 1 saturated heterocycles. The quantitative estimate of drug-likeness (QED) is 0.692. The molecule has 24 heavy (non-hydrogen) atoms. The van der Waals surface area contributed by atoms with Gasteiger partial charge in [-0.05, 0) is 42.7 Å². The van der Waals surface area contributed by atoms with Gasteiger partial charge in [-0.3, -0.25) is 0 Å². The molecule has 0 N–H and O–H groups in total. The van der Waals surface area contributed by atoms with Crippen LogP contribution >= 0.6 is 35.0 Å². The summed E-state index contributed by atoms with van der Waals surface area (Å²) < 4.78 is 26.4. The van der Waals surface area contributed by atoms with Gasteiger partial charge in [0.25, 0.3) is 0 Å². The molecule has 128 valence electrons. The number of hydrogen-bond acceptors (Lipinski definition) is 4. The van der Waals surface area contributed by atoms with Crippen molar-refractivity contribution < 1.29 is 8.42 Å². The van der Waals surface area contributed by atoms with Crippen molar-refractivity contribution in [3.05, 3.63) is 52.1 Å². The molecule has 0 spiro atoms. The van der Waals surface area contributed by atoms with E-state index in [0.29, 0.717) is 28.9 Å². The number of halogens is 2. The molecule has 1 aromatic heterocycles. The van der Waals surface area contributed by atoms with Crippen molar-refractivity contribution in [2.24, 2.45) is 0 Å². The predicted molar refractivity (Wildman–Crippen MR) is 98.3 cm³/mol. The van der Waals surface area contributed by atoms with E-state index in [0.717, 1.165) is 23.4 Å². The van der Waals surface area contributed by atoms with Crippen LogP contribution < -0.4 is 0 Å². The zero-order chi connectivity index (χ0) is 17.2. The number of aromatic nitrogens is 1. The molecular formula is C16H16Cl2N2O2S2. The summed E-state index contributed by atoms with van der Waals surface area (Å²) in [5.41, 5.74) is 0.849. The molecule has 0 aliphatic carbocycles. The van der Waals surface area contributed by atoms with Gasteiger partial charge >= 0.3 is 0 Å². The Morgan fingerprint density at radius 2 is 1.75 bits per heavy atom. The molecule has 0 saturated carbocycles. The lowest BCUT2D eigenvalue weighted by Crippen LogP contribution is -2.27. The van der Waals surface area contributed by atoms with E-state index in [1.54, 1.807) is 30.3 Å². The molecule has 8 heteroatoms. The highest BCUT2D eigenvalue weighted by Gasteiger charge is 2.27. The van der Waals surface area contributed by atoms with Gasteiger partial charge in [0.05, 0.1) is 5.03 Å². The Hall–Kier alpha value is -0.790. The third kappa shape index (κ3) is 3.89. The lowest BCUT2D eigenvalue weighted by Gasteiger charge is -2.15. The molecule has 1 aliphatic rings. The van der Waals surface area contributed by atoms with E-state index < -0.39 is 10.0 Å². The van der Waals surface area contributed by atoms with Crippen LogP contribution in [0.2, 0.25) is 10.0 Å². The summed E-state index contributed by atoms with van der Waals surface area (Å²) in [6.07, 6.45) is 3.25. The average molecular weight is 403 g/mol. The first-order chi connectivity index (χ1) is 11.5.